The van der Waals surface area contributed by atoms with Crippen LogP contribution in [0.4, 0.5) is 5.69 Å². The maximum Gasteiger partial charge on any atom is 0.328 e. The first-order valence-corrected chi connectivity index (χ1v) is 11.5. The van der Waals surface area contributed by atoms with Crippen molar-refractivity contribution in [3.8, 4) is 22.8 Å². The zero-order valence-electron chi connectivity index (χ0n) is 19.7. The van der Waals surface area contributed by atoms with Crippen LogP contribution in [0.2, 0.25) is 0 Å². The largest absolute Gasteiger partial charge is 0.454 e. The number of nitrogens with zero attached hydrogens (tertiary/aromatic N) is 3. The molecule has 0 saturated heterocycles. The molecule has 0 spiro atoms. The van der Waals surface area contributed by atoms with E-state index in [9.17, 15) is 14.4 Å². The fraction of sp³-hybridized carbons (Fsp3) is 0.111. The standard InChI is InChI=1S/C27H21N5O5/c1-16-4-3-9-31-14-21(30-24(16)31)18-5-2-6-19(11-18)29-25(33)20-12-28-27(35)32(26(20)34)13-17-7-8-22-23(10-17)37-15-36-22/h2-12,14H,13,15H2,1H3,(H,28,35)(H,29,33). The molecule has 10 heteroatoms. The number of amides is 1. The number of benzene rings is 2. The van der Waals surface area contributed by atoms with Crippen LogP contribution in [-0.4, -0.2) is 31.6 Å². The fourth-order valence-electron chi connectivity index (χ4n) is 4.29. The van der Waals surface area contributed by atoms with E-state index in [1.54, 1.807) is 36.4 Å². The summed E-state index contributed by atoms with van der Waals surface area (Å²) in [5, 5.41) is 2.75. The van der Waals surface area contributed by atoms with Crippen LogP contribution >= 0.6 is 0 Å². The number of H-pyrrole nitrogens is 1. The first-order chi connectivity index (χ1) is 18.0. The van der Waals surface area contributed by atoms with Gasteiger partial charge in [-0.3, -0.25) is 14.2 Å². The summed E-state index contributed by atoms with van der Waals surface area (Å²) in [6, 6.07) is 16.3. The molecule has 1 aliphatic heterocycles. The van der Waals surface area contributed by atoms with Crippen LogP contribution < -0.4 is 26.0 Å². The van der Waals surface area contributed by atoms with Crippen molar-refractivity contribution in [2.45, 2.75) is 13.5 Å². The molecule has 0 radical (unpaired) electrons. The van der Waals surface area contributed by atoms with Gasteiger partial charge < -0.3 is 24.2 Å². The Morgan fingerprint density at radius 2 is 1.95 bits per heavy atom. The van der Waals surface area contributed by atoms with Gasteiger partial charge in [0.25, 0.3) is 11.5 Å². The number of carbonyl (C=O) groups excluding carboxylic acids is 1. The van der Waals surface area contributed by atoms with E-state index < -0.39 is 17.2 Å². The predicted octanol–water partition coefficient (Wildman–Crippen LogP) is 3.19. The minimum absolute atomic E-state index is 0.0330. The second-order valence-electron chi connectivity index (χ2n) is 8.67. The van der Waals surface area contributed by atoms with Gasteiger partial charge in [-0.05, 0) is 48.4 Å². The number of aryl methyl sites for hydroxylation is 1. The van der Waals surface area contributed by atoms with Crippen molar-refractivity contribution in [3.05, 3.63) is 111 Å². The lowest BCUT2D eigenvalue weighted by molar-refractivity contribution is 0.102. The molecule has 3 aromatic heterocycles. The van der Waals surface area contributed by atoms with Gasteiger partial charge in [-0.1, -0.05) is 24.3 Å². The Morgan fingerprint density at radius 1 is 1.08 bits per heavy atom. The quantitative estimate of drug-likeness (QED) is 0.387. The topological polar surface area (TPSA) is 120 Å². The van der Waals surface area contributed by atoms with E-state index in [0.29, 0.717) is 22.7 Å². The molecule has 2 N–H and O–H groups in total. The van der Waals surface area contributed by atoms with Crippen LogP contribution in [0.15, 0.2) is 82.8 Å². The van der Waals surface area contributed by atoms with Crippen molar-refractivity contribution in [2.75, 3.05) is 12.1 Å². The van der Waals surface area contributed by atoms with E-state index in [-0.39, 0.29) is 18.9 Å². The number of aromatic nitrogens is 4. The normalized spacial score (nSPS) is 12.1. The number of anilines is 1. The van der Waals surface area contributed by atoms with Crippen LogP contribution in [0.3, 0.4) is 0 Å². The lowest BCUT2D eigenvalue weighted by atomic mass is 10.1. The first kappa shape index (κ1) is 22.4. The molecule has 37 heavy (non-hydrogen) atoms. The van der Waals surface area contributed by atoms with E-state index in [4.69, 9.17) is 14.5 Å². The molecular formula is C27H21N5O5. The number of hydrogen-bond donors (Lipinski definition) is 2. The molecule has 0 atom stereocenters. The molecule has 184 valence electrons. The zero-order chi connectivity index (χ0) is 25.5. The molecule has 0 unspecified atom stereocenters. The summed E-state index contributed by atoms with van der Waals surface area (Å²) in [5.41, 5.74) is 3.09. The number of carbonyl (C=O) groups is 1. The molecule has 0 bridgehead atoms. The monoisotopic (exact) mass is 495 g/mol. The van der Waals surface area contributed by atoms with Crippen molar-refractivity contribution in [3.63, 3.8) is 0 Å². The number of aromatic amines is 1. The summed E-state index contributed by atoms with van der Waals surface area (Å²) < 4.78 is 13.6. The van der Waals surface area contributed by atoms with Crippen LogP contribution in [0.5, 0.6) is 11.5 Å². The van der Waals surface area contributed by atoms with E-state index in [2.05, 4.69) is 10.3 Å². The van der Waals surface area contributed by atoms with Gasteiger partial charge in [0.15, 0.2) is 11.5 Å². The highest BCUT2D eigenvalue weighted by molar-refractivity contribution is 6.04. The van der Waals surface area contributed by atoms with Crippen LogP contribution in [0.25, 0.3) is 16.9 Å². The van der Waals surface area contributed by atoms with E-state index >= 15 is 0 Å². The molecule has 1 aliphatic rings. The van der Waals surface area contributed by atoms with E-state index in [1.807, 2.05) is 41.9 Å². The third-order valence-corrected chi connectivity index (χ3v) is 6.18. The van der Waals surface area contributed by atoms with Gasteiger partial charge in [0.2, 0.25) is 6.79 Å². The molecule has 0 saturated carbocycles. The molecule has 2 aromatic carbocycles. The van der Waals surface area contributed by atoms with Crippen molar-refractivity contribution in [2.24, 2.45) is 0 Å². The maximum atomic E-state index is 13.1. The number of fused-ring (bicyclic) bond motifs is 2. The Kier molecular flexibility index (Phi) is 5.33. The van der Waals surface area contributed by atoms with Gasteiger partial charge in [0, 0.05) is 29.8 Å². The number of ether oxygens (including phenoxy) is 2. The second-order valence-corrected chi connectivity index (χ2v) is 8.67. The molecule has 5 aromatic rings. The molecule has 1 amide bonds. The minimum Gasteiger partial charge on any atom is -0.454 e. The van der Waals surface area contributed by atoms with Gasteiger partial charge >= 0.3 is 5.69 Å². The Balaban J connectivity index is 1.26. The first-order valence-electron chi connectivity index (χ1n) is 11.5. The second kappa shape index (κ2) is 8.83. The molecular weight excluding hydrogens is 474 g/mol. The lowest BCUT2D eigenvalue weighted by Crippen LogP contribution is -2.39. The zero-order valence-corrected chi connectivity index (χ0v) is 19.7. The lowest BCUT2D eigenvalue weighted by Gasteiger charge is -2.09. The highest BCUT2D eigenvalue weighted by atomic mass is 16.7. The third kappa shape index (κ3) is 4.14. The minimum atomic E-state index is -0.703. The summed E-state index contributed by atoms with van der Waals surface area (Å²) in [5.74, 6) is 0.499. The number of imidazole rings is 1. The Morgan fingerprint density at radius 3 is 2.81 bits per heavy atom. The highest BCUT2D eigenvalue weighted by Crippen LogP contribution is 2.32. The summed E-state index contributed by atoms with van der Waals surface area (Å²) in [6.07, 6.45) is 4.97. The summed E-state index contributed by atoms with van der Waals surface area (Å²) in [7, 11) is 0. The van der Waals surface area contributed by atoms with Gasteiger partial charge in [-0.25, -0.2) is 9.78 Å². The maximum absolute atomic E-state index is 13.1. The average molecular weight is 495 g/mol. The molecule has 0 fully saturated rings. The van der Waals surface area contributed by atoms with E-state index in [1.165, 1.54) is 0 Å². The summed E-state index contributed by atoms with van der Waals surface area (Å²) >= 11 is 0. The third-order valence-electron chi connectivity index (χ3n) is 6.18. The van der Waals surface area contributed by atoms with Crippen LogP contribution in [-0.2, 0) is 6.54 Å². The smallest absolute Gasteiger partial charge is 0.328 e. The van der Waals surface area contributed by atoms with Gasteiger partial charge in [-0.2, -0.15) is 0 Å². The predicted molar refractivity (Wildman–Crippen MR) is 136 cm³/mol. The Labute approximate surface area is 209 Å². The van der Waals surface area contributed by atoms with Crippen LogP contribution in [0.1, 0.15) is 21.5 Å². The summed E-state index contributed by atoms with van der Waals surface area (Å²) in [6.45, 7) is 2.08. The summed E-state index contributed by atoms with van der Waals surface area (Å²) in [4.78, 5) is 45.7. The Bertz CT molecular complexity index is 1800. The van der Waals surface area contributed by atoms with Crippen molar-refractivity contribution < 1.29 is 14.3 Å². The van der Waals surface area contributed by atoms with Crippen molar-refractivity contribution in [1.29, 1.82) is 0 Å². The van der Waals surface area contributed by atoms with Gasteiger partial charge in [0.05, 0.1) is 12.2 Å². The van der Waals surface area contributed by atoms with E-state index in [0.717, 1.165) is 33.2 Å². The fourth-order valence-corrected chi connectivity index (χ4v) is 4.29. The Hall–Kier alpha value is -5.12. The number of pyridine rings is 1. The van der Waals surface area contributed by atoms with Crippen LogP contribution in [0, 0.1) is 6.92 Å². The van der Waals surface area contributed by atoms with Crippen molar-refractivity contribution >= 4 is 17.2 Å². The highest BCUT2D eigenvalue weighted by Gasteiger charge is 2.18. The number of rotatable bonds is 5. The molecule has 6 rings (SSSR count). The average Bonchev–Trinajstić information content (AvgIpc) is 3.54. The SMILES string of the molecule is Cc1cccn2cc(-c3cccc(NC(=O)c4c[nH]c(=O)n(Cc5ccc6c(c5)OCO6)c4=O)c3)nc12. The van der Waals surface area contributed by atoms with Crippen molar-refractivity contribution in [1.82, 2.24) is 18.9 Å². The molecule has 0 aliphatic carbocycles. The van der Waals surface area contributed by atoms with Gasteiger partial charge in [-0.15, -0.1) is 0 Å². The number of nitrogens with one attached hydrogen (secondary N) is 2. The van der Waals surface area contributed by atoms with Gasteiger partial charge in [0.1, 0.15) is 11.2 Å². The molecule has 4 heterocycles. The number of hydrogen-bond acceptors (Lipinski definition) is 6. The molecule has 10 nitrogen and oxygen atoms in total.